The lowest BCUT2D eigenvalue weighted by Crippen LogP contribution is -2.30. The zero-order chi connectivity index (χ0) is 19.5. The molecule has 1 aliphatic heterocycles. The van der Waals surface area contributed by atoms with Crippen molar-refractivity contribution in [2.75, 3.05) is 11.9 Å². The number of carbonyl (C=O) groups excluding carboxylic acids is 1. The molecule has 1 amide bonds. The van der Waals surface area contributed by atoms with Crippen molar-refractivity contribution in [3.63, 3.8) is 0 Å². The summed E-state index contributed by atoms with van der Waals surface area (Å²) in [5, 5.41) is 3.24. The first kappa shape index (κ1) is 18.0. The normalized spacial score (nSPS) is 16.2. The van der Waals surface area contributed by atoms with Gasteiger partial charge < -0.3 is 10.2 Å². The van der Waals surface area contributed by atoms with Crippen molar-refractivity contribution in [2.45, 2.75) is 32.7 Å². The average Bonchev–Trinajstić information content (AvgIpc) is 3.18. The van der Waals surface area contributed by atoms with Crippen LogP contribution in [0.5, 0.6) is 0 Å². The SMILES string of the molecule is Cc1cccc(Nc2cc([C@H]3CCCN3C(=O)c3cnc(C)nc3)ccn2)n1. The van der Waals surface area contributed by atoms with Crippen LogP contribution in [0.3, 0.4) is 0 Å². The Morgan fingerprint density at radius 2 is 1.93 bits per heavy atom. The molecule has 4 heterocycles. The monoisotopic (exact) mass is 374 g/mol. The largest absolute Gasteiger partial charge is 0.332 e. The molecule has 0 unspecified atom stereocenters. The van der Waals surface area contributed by atoms with Crippen LogP contribution in [0.15, 0.2) is 48.9 Å². The Balaban J connectivity index is 1.56. The van der Waals surface area contributed by atoms with Crippen LogP contribution >= 0.6 is 0 Å². The molecule has 3 aromatic heterocycles. The molecule has 0 spiro atoms. The van der Waals surface area contributed by atoms with Crippen LogP contribution in [0.4, 0.5) is 11.6 Å². The molecule has 3 aromatic rings. The first-order valence-corrected chi connectivity index (χ1v) is 9.36. The first-order chi connectivity index (χ1) is 13.6. The van der Waals surface area contributed by atoms with Gasteiger partial charge in [-0.25, -0.2) is 19.9 Å². The summed E-state index contributed by atoms with van der Waals surface area (Å²) in [6.45, 7) is 4.48. The molecule has 7 heteroatoms. The van der Waals surface area contributed by atoms with Crippen molar-refractivity contribution in [1.82, 2.24) is 24.8 Å². The fraction of sp³-hybridized carbons (Fsp3) is 0.286. The van der Waals surface area contributed by atoms with Crippen molar-refractivity contribution in [1.29, 1.82) is 0 Å². The maximum atomic E-state index is 13.0. The molecule has 4 rings (SSSR count). The fourth-order valence-corrected chi connectivity index (χ4v) is 3.49. The van der Waals surface area contributed by atoms with E-state index in [9.17, 15) is 4.79 Å². The van der Waals surface area contributed by atoms with Crippen LogP contribution in [0.2, 0.25) is 0 Å². The molecule has 1 fully saturated rings. The molecule has 1 aliphatic rings. The number of nitrogens with one attached hydrogen (secondary N) is 1. The molecule has 1 atom stereocenters. The van der Waals surface area contributed by atoms with Crippen molar-refractivity contribution in [3.05, 3.63) is 71.6 Å². The summed E-state index contributed by atoms with van der Waals surface area (Å²) in [4.78, 5) is 32.0. The third-order valence-electron chi connectivity index (χ3n) is 4.85. The van der Waals surface area contributed by atoms with Crippen molar-refractivity contribution in [3.8, 4) is 0 Å². The van der Waals surface area contributed by atoms with Crippen molar-refractivity contribution >= 4 is 17.5 Å². The summed E-state index contributed by atoms with van der Waals surface area (Å²) >= 11 is 0. The van der Waals surface area contributed by atoms with Crippen LogP contribution in [0.25, 0.3) is 0 Å². The molecule has 0 radical (unpaired) electrons. The van der Waals surface area contributed by atoms with E-state index >= 15 is 0 Å². The van der Waals surface area contributed by atoms with E-state index in [1.807, 2.05) is 49.1 Å². The van der Waals surface area contributed by atoms with E-state index in [4.69, 9.17) is 0 Å². The molecule has 142 valence electrons. The topological polar surface area (TPSA) is 83.9 Å². The number of carbonyl (C=O) groups is 1. The molecule has 0 aliphatic carbocycles. The van der Waals surface area contributed by atoms with E-state index in [-0.39, 0.29) is 11.9 Å². The van der Waals surface area contributed by atoms with Gasteiger partial charge in [0, 0.05) is 30.8 Å². The van der Waals surface area contributed by atoms with Crippen molar-refractivity contribution < 1.29 is 4.79 Å². The molecule has 0 aromatic carbocycles. The highest BCUT2D eigenvalue weighted by molar-refractivity contribution is 5.94. The van der Waals surface area contributed by atoms with Gasteiger partial charge in [-0.2, -0.15) is 0 Å². The number of hydrogen-bond donors (Lipinski definition) is 1. The fourth-order valence-electron chi connectivity index (χ4n) is 3.49. The Bertz CT molecular complexity index is 988. The van der Waals surface area contributed by atoms with Crippen LogP contribution in [0.1, 0.15) is 46.3 Å². The van der Waals surface area contributed by atoms with Crippen molar-refractivity contribution in [2.24, 2.45) is 0 Å². The third kappa shape index (κ3) is 3.83. The summed E-state index contributed by atoms with van der Waals surface area (Å²) < 4.78 is 0. The Kier molecular flexibility index (Phi) is 4.97. The minimum absolute atomic E-state index is 0.0165. The number of amides is 1. The predicted octanol–water partition coefficient (Wildman–Crippen LogP) is 3.60. The number of rotatable bonds is 4. The average molecular weight is 374 g/mol. The number of hydrogen-bond acceptors (Lipinski definition) is 6. The molecule has 7 nitrogen and oxygen atoms in total. The minimum Gasteiger partial charge on any atom is -0.332 e. The number of aryl methyl sites for hydroxylation is 2. The van der Waals surface area contributed by atoms with Gasteiger partial charge in [0.2, 0.25) is 0 Å². The maximum Gasteiger partial charge on any atom is 0.257 e. The number of likely N-dealkylation sites (tertiary alicyclic amines) is 1. The van der Waals surface area contributed by atoms with Gasteiger partial charge in [0.1, 0.15) is 17.5 Å². The Labute approximate surface area is 163 Å². The van der Waals surface area contributed by atoms with Gasteiger partial charge in [0.15, 0.2) is 0 Å². The standard InChI is InChI=1S/C21H22N6O/c1-14-5-3-7-19(25-14)26-20-11-16(8-9-22-20)18-6-4-10-27(18)21(28)17-12-23-15(2)24-13-17/h3,5,7-9,11-13,18H,4,6,10H2,1-2H3,(H,22,25,26)/t18-/m1/s1. The minimum atomic E-state index is -0.0332. The van der Waals surface area contributed by atoms with E-state index in [0.29, 0.717) is 17.2 Å². The van der Waals surface area contributed by atoms with E-state index in [1.54, 1.807) is 18.6 Å². The van der Waals surface area contributed by atoms with Gasteiger partial charge >= 0.3 is 0 Å². The smallest absolute Gasteiger partial charge is 0.257 e. The number of aromatic nitrogens is 4. The van der Waals surface area contributed by atoms with Gasteiger partial charge in [-0.15, -0.1) is 0 Å². The highest BCUT2D eigenvalue weighted by Gasteiger charge is 2.31. The lowest BCUT2D eigenvalue weighted by atomic mass is 10.1. The molecule has 1 N–H and O–H groups in total. The van der Waals surface area contributed by atoms with E-state index < -0.39 is 0 Å². The Hall–Kier alpha value is -3.35. The first-order valence-electron chi connectivity index (χ1n) is 9.36. The maximum absolute atomic E-state index is 13.0. The predicted molar refractivity (Wildman–Crippen MR) is 106 cm³/mol. The Morgan fingerprint density at radius 1 is 1.11 bits per heavy atom. The zero-order valence-corrected chi connectivity index (χ0v) is 16.0. The molecular weight excluding hydrogens is 352 g/mol. The van der Waals surface area contributed by atoms with Gasteiger partial charge in [-0.3, -0.25) is 4.79 Å². The summed E-state index contributed by atoms with van der Waals surface area (Å²) in [5.74, 6) is 2.09. The van der Waals surface area contributed by atoms with Gasteiger partial charge in [0.05, 0.1) is 11.6 Å². The lowest BCUT2D eigenvalue weighted by molar-refractivity contribution is 0.0734. The lowest BCUT2D eigenvalue weighted by Gasteiger charge is -2.25. The molecule has 1 saturated heterocycles. The highest BCUT2D eigenvalue weighted by Crippen LogP contribution is 2.33. The quantitative estimate of drug-likeness (QED) is 0.751. The van der Waals surface area contributed by atoms with Crippen LogP contribution in [0, 0.1) is 13.8 Å². The molecular formula is C21H22N6O. The van der Waals surface area contributed by atoms with E-state index in [1.165, 1.54) is 0 Å². The third-order valence-corrected chi connectivity index (χ3v) is 4.85. The van der Waals surface area contributed by atoms with Crippen LogP contribution < -0.4 is 5.32 Å². The Morgan fingerprint density at radius 3 is 2.71 bits per heavy atom. The molecule has 28 heavy (non-hydrogen) atoms. The highest BCUT2D eigenvalue weighted by atomic mass is 16.2. The summed E-state index contributed by atoms with van der Waals surface area (Å²) in [6.07, 6.45) is 6.85. The van der Waals surface area contributed by atoms with E-state index in [0.717, 1.165) is 36.5 Å². The van der Waals surface area contributed by atoms with Gasteiger partial charge in [-0.05, 0) is 56.5 Å². The molecule has 0 saturated carbocycles. The summed E-state index contributed by atoms with van der Waals surface area (Å²) in [7, 11) is 0. The summed E-state index contributed by atoms with van der Waals surface area (Å²) in [5.41, 5.74) is 2.52. The second-order valence-electron chi connectivity index (χ2n) is 6.94. The molecule has 0 bridgehead atoms. The summed E-state index contributed by atoms with van der Waals surface area (Å²) in [6, 6.07) is 9.79. The van der Waals surface area contributed by atoms with Gasteiger partial charge in [-0.1, -0.05) is 6.07 Å². The van der Waals surface area contributed by atoms with Crippen LogP contribution in [-0.2, 0) is 0 Å². The second-order valence-corrected chi connectivity index (χ2v) is 6.94. The van der Waals surface area contributed by atoms with E-state index in [2.05, 4.69) is 25.3 Å². The number of nitrogens with zero attached hydrogens (tertiary/aromatic N) is 5. The zero-order valence-electron chi connectivity index (χ0n) is 16.0. The van der Waals surface area contributed by atoms with Gasteiger partial charge in [0.25, 0.3) is 5.91 Å². The second kappa shape index (κ2) is 7.72. The number of pyridine rings is 2. The van der Waals surface area contributed by atoms with Crippen LogP contribution in [-0.4, -0.2) is 37.3 Å². The number of anilines is 2.